The summed E-state index contributed by atoms with van der Waals surface area (Å²) in [5.41, 5.74) is 4.37. The third-order valence-corrected chi connectivity index (χ3v) is 7.32. The van der Waals surface area contributed by atoms with Gasteiger partial charge in [-0.2, -0.15) is 18.3 Å². The number of nitrogens with zero attached hydrogens (tertiary/aromatic N) is 6. The molecule has 0 N–H and O–H groups in total. The lowest BCUT2D eigenvalue weighted by Gasteiger charge is -2.29. The van der Waals surface area contributed by atoms with Crippen molar-refractivity contribution in [1.29, 1.82) is 0 Å². The first-order valence-corrected chi connectivity index (χ1v) is 12.8. The molecule has 37 heavy (non-hydrogen) atoms. The minimum atomic E-state index is -4.89. The van der Waals surface area contributed by atoms with Crippen molar-refractivity contribution in [3.8, 4) is 17.1 Å². The lowest BCUT2D eigenvalue weighted by molar-refractivity contribution is -0.186. The summed E-state index contributed by atoms with van der Waals surface area (Å²) in [5.74, 6) is -1.82. The molecule has 1 saturated heterocycles. The zero-order chi connectivity index (χ0) is 25.7. The SMILES string of the molecule is O=C(N1CCc2ccc(-n3cc(-c4nn(C5CCCCO5)c5ccc(Br)cc45)nn3)cc2C1)C(F)(F)F. The van der Waals surface area contributed by atoms with Crippen LogP contribution in [-0.2, 0) is 22.5 Å². The van der Waals surface area contributed by atoms with Gasteiger partial charge in [-0.1, -0.05) is 27.2 Å². The molecule has 6 rings (SSSR count). The van der Waals surface area contributed by atoms with Crippen LogP contribution in [0.15, 0.2) is 47.1 Å². The molecular weight excluding hydrogens is 553 g/mol. The van der Waals surface area contributed by atoms with E-state index in [4.69, 9.17) is 9.84 Å². The third kappa shape index (κ3) is 4.52. The number of fused-ring (bicyclic) bond motifs is 2. The predicted octanol–water partition coefficient (Wildman–Crippen LogP) is 5.19. The second kappa shape index (κ2) is 9.25. The smallest absolute Gasteiger partial charge is 0.356 e. The molecule has 1 unspecified atom stereocenters. The second-order valence-corrected chi connectivity index (χ2v) is 10.2. The maximum Gasteiger partial charge on any atom is 0.471 e. The molecular formula is C25H22BrF3N6O2. The van der Waals surface area contributed by atoms with Gasteiger partial charge in [0.15, 0.2) is 6.23 Å². The lowest BCUT2D eigenvalue weighted by Crippen LogP contribution is -2.43. The molecule has 2 aliphatic heterocycles. The zero-order valence-corrected chi connectivity index (χ0v) is 21.2. The fourth-order valence-corrected chi connectivity index (χ4v) is 5.34. The number of benzene rings is 2. The molecule has 0 radical (unpaired) electrons. The topological polar surface area (TPSA) is 78.1 Å². The molecule has 2 aromatic carbocycles. The molecule has 4 heterocycles. The van der Waals surface area contributed by atoms with Crippen LogP contribution in [-0.4, -0.2) is 54.9 Å². The number of aromatic nitrogens is 5. The fraction of sp³-hybridized carbons (Fsp3) is 0.360. The maximum absolute atomic E-state index is 12.9. The molecule has 2 aromatic heterocycles. The minimum absolute atomic E-state index is 0.0359. The first kappa shape index (κ1) is 24.1. The van der Waals surface area contributed by atoms with Gasteiger partial charge < -0.3 is 9.64 Å². The molecule has 2 aliphatic rings. The van der Waals surface area contributed by atoms with Crippen LogP contribution in [0, 0.1) is 0 Å². The van der Waals surface area contributed by atoms with Crippen LogP contribution in [0.1, 0.15) is 36.6 Å². The number of alkyl halides is 3. The lowest BCUT2D eigenvalue weighted by atomic mass is 9.99. The Morgan fingerprint density at radius 3 is 2.76 bits per heavy atom. The van der Waals surface area contributed by atoms with Crippen molar-refractivity contribution in [3.63, 3.8) is 0 Å². The number of amides is 1. The highest BCUT2D eigenvalue weighted by molar-refractivity contribution is 9.10. The number of rotatable bonds is 3. The van der Waals surface area contributed by atoms with E-state index in [9.17, 15) is 18.0 Å². The minimum Gasteiger partial charge on any atom is -0.356 e. The van der Waals surface area contributed by atoms with E-state index >= 15 is 0 Å². The summed E-state index contributed by atoms with van der Waals surface area (Å²) < 4.78 is 49.2. The highest BCUT2D eigenvalue weighted by Crippen LogP contribution is 2.34. The van der Waals surface area contributed by atoms with Gasteiger partial charge in [0.2, 0.25) is 0 Å². The van der Waals surface area contributed by atoms with E-state index in [2.05, 4.69) is 26.2 Å². The van der Waals surface area contributed by atoms with E-state index in [1.807, 2.05) is 35.0 Å². The van der Waals surface area contributed by atoms with Gasteiger partial charge in [-0.05, 0) is 67.1 Å². The van der Waals surface area contributed by atoms with Crippen LogP contribution in [0.2, 0.25) is 0 Å². The van der Waals surface area contributed by atoms with E-state index in [0.717, 1.165) is 45.1 Å². The summed E-state index contributed by atoms with van der Waals surface area (Å²) in [6.07, 6.45) is 0.0505. The van der Waals surface area contributed by atoms with E-state index in [0.29, 0.717) is 35.7 Å². The molecule has 0 aliphatic carbocycles. The standard InChI is InChI=1S/C25H22BrF3N6O2/c26-17-5-7-21-19(12-17)23(31-35(21)22-3-1-2-10-37-22)20-14-34(32-30-20)18-6-4-15-8-9-33(13-16(15)11-18)24(36)25(27,28)29/h4-7,11-12,14,22H,1-3,8-10,13H2. The van der Waals surface area contributed by atoms with Gasteiger partial charge in [0.1, 0.15) is 11.4 Å². The normalized spacial score (nSPS) is 18.3. The monoisotopic (exact) mass is 574 g/mol. The molecule has 192 valence electrons. The average molecular weight is 575 g/mol. The van der Waals surface area contributed by atoms with Gasteiger partial charge in [-0.3, -0.25) is 4.79 Å². The van der Waals surface area contributed by atoms with Crippen LogP contribution < -0.4 is 0 Å². The van der Waals surface area contributed by atoms with Crippen molar-refractivity contribution < 1.29 is 22.7 Å². The highest BCUT2D eigenvalue weighted by Gasteiger charge is 2.43. The number of halogens is 4. The maximum atomic E-state index is 12.9. The largest absolute Gasteiger partial charge is 0.471 e. The number of hydrogen-bond donors (Lipinski definition) is 0. The number of hydrogen-bond acceptors (Lipinski definition) is 5. The predicted molar refractivity (Wildman–Crippen MR) is 132 cm³/mol. The summed E-state index contributed by atoms with van der Waals surface area (Å²) in [4.78, 5) is 12.6. The van der Waals surface area contributed by atoms with Crippen LogP contribution in [0.3, 0.4) is 0 Å². The van der Waals surface area contributed by atoms with Crippen molar-refractivity contribution in [3.05, 3.63) is 58.2 Å². The third-order valence-electron chi connectivity index (χ3n) is 6.83. The molecule has 1 atom stereocenters. The molecule has 0 saturated carbocycles. The Morgan fingerprint density at radius 2 is 1.97 bits per heavy atom. The molecule has 0 spiro atoms. The Balaban J connectivity index is 1.33. The Kier molecular flexibility index (Phi) is 6.03. The van der Waals surface area contributed by atoms with Gasteiger partial charge in [0.05, 0.1) is 17.4 Å². The quantitative estimate of drug-likeness (QED) is 0.336. The molecule has 1 amide bonds. The van der Waals surface area contributed by atoms with Gasteiger partial charge in [0, 0.05) is 29.6 Å². The summed E-state index contributed by atoms with van der Waals surface area (Å²) >= 11 is 3.54. The molecule has 8 nitrogen and oxygen atoms in total. The first-order chi connectivity index (χ1) is 17.8. The Morgan fingerprint density at radius 1 is 1.11 bits per heavy atom. The number of carbonyl (C=O) groups is 1. The fourth-order valence-electron chi connectivity index (χ4n) is 4.98. The van der Waals surface area contributed by atoms with Crippen LogP contribution in [0.25, 0.3) is 28.0 Å². The van der Waals surface area contributed by atoms with Crippen molar-refractivity contribution in [1.82, 2.24) is 29.7 Å². The molecule has 1 fully saturated rings. The van der Waals surface area contributed by atoms with Crippen LogP contribution in [0.5, 0.6) is 0 Å². The van der Waals surface area contributed by atoms with Gasteiger partial charge in [-0.15, -0.1) is 5.10 Å². The number of carbonyl (C=O) groups excluding carboxylic acids is 1. The van der Waals surface area contributed by atoms with Crippen molar-refractivity contribution in [2.45, 2.75) is 44.6 Å². The van der Waals surface area contributed by atoms with Crippen molar-refractivity contribution in [2.24, 2.45) is 0 Å². The van der Waals surface area contributed by atoms with E-state index < -0.39 is 12.1 Å². The van der Waals surface area contributed by atoms with E-state index in [1.54, 1.807) is 16.9 Å². The number of ether oxygens (including phenoxy) is 1. The van der Waals surface area contributed by atoms with Gasteiger partial charge in [0.25, 0.3) is 0 Å². The van der Waals surface area contributed by atoms with E-state index in [1.165, 1.54) is 0 Å². The Bertz CT molecular complexity index is 1490. The zero-order valence-electron chi connectivity index (χ0n) is 19.6. The molecule has 4 aromatic rings. The van der Waals surface area contributed by atoms with Crippen molar-refractivity contribution in [2.75, 3.05) is 13.2 Å². The molecule has 0 bridgehead atoms. The average Bonchev–Trinajstić information content (AvgIpc) is 3.52. The first-order valence-electron chi connectivity index (χ1n) is 12.0. The van der Waals surface area contributed by atoms with Crippen LogP contribution in [0.4, 0.5) is 13.2 Å². The summed E-state index contributed by atoms with van der Waals surface area (Å²) in [6.45, 7) is 0.625. The summed E-state index contributed by atoms with van der Waals surface area (Å²) in [5, 5.41) is 14.4. The molecule has 12 heteroatoms. The highest BCUT2D eigenvalue weighted by atomic mass is 79.9. The van der Waals surface area contributed by atoms with Crippen LogP contribution >= 0.6 is 15.9 Å². The summed E-state index contributed by atoms with van der Waals surface area (Å²) in [6, 6.07) is 11.4. The van der Waals surface area contributed by atoms with Gasteiger partial charge >= 0.3 is 12.1 Å². The Hall–Kier alpha value is -3.25. The van der Waals surface area contributed by atoms with Gasteiger partial charge in [-0.25, -0.2) is 9.36 Å². The Labute approximate surface area is 218 Å². The summed E-state index contributed by atoms with van der Waals surface area (Å²) in [7, 11) is 0. The van der Waals surface area contributed by atoms with E-state index in [-0.39, 0.29) is 19.3 Å². The second-order valence-electron chi connectivity index (χ2n) is 9.25. The van der Waals surface area contributed by atoms with Crippen molar-refractivity contribution >= 4 is 32.7 Å².